The molecule has 2 aromatic carbocycles. The zero-order chi connectivity index (χ0) is 20.4. The second-order valence-corrected chi connectivity index (χ2v) is 7.24. The van der Waals surface area contributed by atoms with Gasteiger partial charge in [-0.3, -0.25) is 9.59 Å². The van der Waals surface area contributed by atoms with Crippen molar-refractivity contribution in [3.63, 3.8) is 0 Å². The number of amides is 1. The van der Waals surface area contributed by atoms with Crippen molar-refractivity contribution in [2.45, 2.75) is 5.92 Å². The molecular formula is C22H16N4O2S. The fraction of sp³-hybridized carbons (Fsp3) is 0.0909. The molecule has 0 radical (unpaired) electrons. The van der Waals surface area contributed by atoms with Crippen LogP contribution in [0.4, 0.5) is 5.69 Å². The molecule has 0 bridgehead atoms. The molecule has 0 aliphatic carbocycles. The van der Waals surface area contributed by atoms with Crippen molar-refractivity contribution in [1.82, 2.24) is 9.55 Å². The first-order valence-corrected chi connectivity index (χ1v) is 9.82. The summed E-state index contributed by atoms with van der Waals surface area (Å²) in [6.45, 7) is 0. The van der Waals surface area contributed by atoms with Gasteiger partial charge < -0.3 is 9.88 Å². The van der Waals surface area contributed by atoms with Crippen molar-refractivity contribution in [2.24, 2.45) is 7.05 Å². The lowest BCUT2D eigenvalue weighted by Gasteiger charge is -2.13. The van der Waals surface area contributed by atoms with Gasteiger partial charge in [0, 0.05) is 18.0 Å². The number of nitrogens with one attached hydrogen (secondary N) is 1. The van der Waals surface area contributed by atoms with Gasteiger partial charge in [0.1, 0.15) is 5.82 Å². The molecule has 0 aliphatic heterocycles. The first-order valence-electron chi connectivity index (χ1n) is 8.88. The standard InChI is InChI=1S/C22H16N4O2S/c1-26-19-9-5-4-8-18(19)24-21(26)16(12-23)20(27)15-6-2-3-7-17(15)25-22(28)14-10-11-29-13-14/h2-11,13,16H,1H3,(H,25,28). The Balaban J connectivity index is 1.70. The number of imidazole rings is 1. The monoisotopic (exact) mass is 400 g/mol. The van der Waals surface area contributed by atoms with Gasteiger partial charge in [0.2, 0.25) is 0 Å². The Kier molecular flexibility index (Phi) is 4.94. The van der Waals surface area contributed by atoms with E-state index in [0.29, 0.717) is 17.1 Å². The van der Waals surface area contributed by atoms with Crippen LogP contribution in [0.2, 0.25) is 0 Å². The number of carbonyl (C=O) groups is 2. The molecule has 1 unspecified atom stereocenters. The number of carbonyl (C=O) groups excluding carboxylic acids is 2. The Labute approximate surface area is 171 Å². The summed E-state index contributed by atoms with van der Waals surface area (Å²) in [5.41, 5.74) is 2.72. The maximum Gasteiger partial charge on any atom is 0.256 e. The molecule has 1 amide bonds. The quantitative estimate of drug-likeness (QED) is 0.504. The van der Waals surface area contributed by atoms with Crippen LogP contribution in [-0.2, 0) is 7.05 Å². The Morgan fingerprint density at radius 1 is 1.14 bits per heavy atom. The van der Waals surface area contributed by atoms with Gasteiger partial charge in [0.15, 0.2) is 11.7 Å². The lowest BCUT2D eigenvalue weighted by molar-refractivity contribution is 0.0976. The third-order valence-electron chi connectivity index (χ3n) is 4.70. The van der Waals surface area contributed by atoms with Gasteiger partial charge in [-0.2, -0.15) is 16.6 Å². The lowest BCUT2D eigenvalue weighted by Crippen LogP contribution is -2.19. The fourth-order valence-corrected chi connectivity index (χ4v) is 3.84. The molecule has 1 N–H and O–H groups in total. The zero-order valence-electron chi connectivity index (χ0n) is 15.5. The van der Waals surface area contributed by atoms with Crippen LogP contribution in [0.25, 0.3) is 11.0 Å². The predicted octanol–water partition coefficient (Wildman–Crippen LogP) is 4.38. The number of ketones is 1. The highest BCUT2D eigenvalue weighted by Crippen LogP contribution is 2.27. The van der Waals surface area contributed by atoms with E-state index in [2.05, 4.69) is 16.4 Å². The predicted molar refractivity (Wildman–Crippen MR) is 112 cm³/mol. The number of para-hydroxylation sites is 3. The highest BCUT2D eigenvalue weighted by atomic mass is 32.1. The van der Waals surface area contributed by atoms with E-state index in [9.17, 15) is 14.9 Å². The van der Waals surface area contributed by atoms with Crippen LogP contribution in [0.3, 0.4) is 0 Å². The summed E-state index contributed by atoms with van der Waals surface area (Å²) < 4.78 is 1.76. The number of hydrogen-bond acceptors (Lipinski definition) is 5. The minimum atomic E-state index is -1.09. The van der Waals surface area contributed by atoms with E-state index in [1.54, 1.807) is 47.3 Å². The van der Waals surface area contributed by atoms with E-state index in [1.807, 2.05) is 29.6 Å². The van der Waals surface area contributed by atoms with Crippen LogP contribution >= 0.6 is 11.3 Å². The molecule has 0 fully saturated rings. The minimum Gasteiger partial charge on any atom is -0.330 e. The number of hydrogen-bond donors (Lipinski definition) is 1. The van der Waals surface area contributed by atoms with Gasteiger partial charge in [-0.05, 0) is 35.7 Å². The van der Waals surface area contributed by atoms with Gasteiger partial charge >= 0.3 is 0 Å². The van der Waals surface area contributed by atoms with E-state index in [0.717, 1.165) is 11.0 Å². The summed E-state index contributed by atoms with van der Waals surface area (Å²) in [4.78, 5) is 30.2. The molecule has 0 spiro atoms. The average molecular weight is 400 g/mol. The molecule has 0 saturated carbocycles. The molecule has 142 valence electrons. The molecule has 0 saturated heterocycles. The first-order chi connectivity index (χ1) is 14.1. The summed E-state index contributed by atoms with van der Waals surface area (Å²) in [6.07, 6.45) is 0. The molecule has 2 aromatic heterocycles. The SMILES string of the molecule is Cn1c(C(C#N)C(=O)c2ccccc2NC(=O)c2ccsc2)nc2ccccc21. The lowest BCUT2D eigenvalue weighted by atomic mass is 9.96. The number of aryl methyl sites for hydroxylation is 1. The number of anilines is 1. The number of benzene rings is 2. The van der Waals surface area contributed by atoms with Crippen LogP contribution in [0.5, 0.6) is 0 Å². The van der Waals surface area contributed by atoms with E-state index < -0.39 is 11.7 Å². The first kappa shape index (κ1) is 18.6. The van der Waals surface area contributed by atoms with Crippen molar-refractivity contribution in [3.8, 4) is 6.07 Å². The van der Waals surface area contributed by atoms with Gasteiger partial charge in [0.05, 0.1) is 28.4 Å². The Morgan fingerprint density at radius 2 is 1.90 bits per heavy atom. The summed E-state index contributed by atoms with van der Waals surface area (Å²) in [7, 11) is 1.78. The van der Waals surface area contributed by atoms with Crippen LogP contribution in [0, 0.1) is 11.3 Å². The zero-order valence-corrected chi connectivity index (χ0v) is 16.3. The van der Waals surface area contributed by atoms with Crippen LogP contribution in [0.1, 0.15) is 32.5 Å². The summed E-state index contributed by atoms with van der Waals surface area (Å²) in [5.74, 6) is -1.43. The van der Waals surface area contributed by atoms with Crippen LogP contribution in [-0.4, -0.2) is 21.2 Å². The molecule has 1 atom stereocenters. The summed E-state index contributed by atoms with van der Waals surface area (Å²) in [6, 6.07) is 18.0. The molecule has 6 nitrogen and oxygen atoms in total. The van der Waals surface area contributed by atoms with Crippen LogP contribution < -0.4 is 5.32 Å². The number of fused-ring (bicyclic) bond motifs is 1. The topological polar surface area (TPSA) is 87.8 Å². The number of thiophene rings is 1. The van der Waals surface area contributed by atoms with E-state index >= 15 is 0 Å². The van der Waals surface area contributed by atoms with Crippen LogP contribution in [0.15, 0.2) is 65.4 Å². The summed E-state index contributed by atoms with van der Waals surface area (Å²) >= 11 is 1.42. The Morgan fingerprint density at radius 3 is 2.62 bits per heavy atom. The molecule has 4 rings (SSSR count). The Bertz CT molecular complexity index is 1250. The average Bonchev–Trinajstić information content (AvgIpc) is 3.38. The third-order valence-corrected chi connectivity index (χ3v) is 5.38. The van der Waals surface area contributed by atoms with Crippen molar-refractivity contribution >= 4 is 39.7 Å². The number of aromatic nitrogens is 2. The maximum atomic E-state index is 13.3. The van der Waals surface area contributed by atoms with E-state index in [-0.39, 0.29) is 11.5 Å². The van der Waals surface area contributed by atoms with Crippen molar-refractivity contribution in [2.75, 3.05) is 5.32 Å². The van der Waals surface area contributed by atoms with E-state index in [1.165, 1.54) is 11.3 Å². The van der Waals surface area contributed by atoms with Gasteiger partial charge in [-0.15, -0.1) is 0 Å². The largest absolute Gasteiger partial charge is 0.330 e. The second-order valence-electron chi connectivity index (χ2n) is 6.46. The highest BCUT2D eigenvalue weighted by Gasteiger charge is 2.28. The molecule has 2 heterocycles. The molecular weight excluding hydrogens is 384 g/mol. The molecule has 4 aromatic rings. The van der Waals surface area contributed by atoms with Gasteiger partial charge in [-0.1, -0.05) is 24.3 Å². The number of nitrogens with zero attached hydrogens (tertiary/aromatic N) is 3. The molecule has 0 aliphatic rings. The van der Waals surface area contributed by atoms with E-state index in [4.69, 9.17) is 0 Å². The van der Waals surface area contributed by atoms with Crippen molar-refractivity contribution in [3.05, 3.63) is 82.3 Å². The van der Waals surface area contributed by atoms with Gasteiger partial charge in [-0.25, -0.2) is 4.98 Å². The van der Waals surface area contributed by atoms with Gasteiger partial charge in [0.25, 0.3) is 5.91 Å². The normalized spacial score (nSPS) is 11.7. The highest BCUT2D eigenvalue weighted by molar-refractivity contribution is 7.08. The number of Topliss-reactive ketones (excluding diaryl/α,β-unsaturated/α-hetero) is 1. The molecule has 29 heavy (non-hydrogen) atoms. The molecule has 7 heteroatoms. The minimum absolute atomic E-state index is 0.273. The van der Waals surface area contributed by atoms with Crippen molar-refractivity contribution < 1.29 is 9.59 Å². The Hall–Kier alpha value is -3.76. The fourth-order valence-electron chi connectivity index (χ4n) is 3.21. The third kappa shape index (κ3) is 3.42. The number of nitriles is 1. The smallest absolute Gasteiger partial charge is 0.256 e. The maximum absolute atomic E-state index is 13.3. The number of rotatable bonds is 5. The second kappa shape index (κ2) is 7.70. The summed E-state index contributed by atoms with van der Waals surface area (Å²) in [5, 5.41) is 16.1. The van der Waals surface area contributed by atoms with Crippen molar-refractivity contribution in [1.29, 1.82) is 5.26 Å².